The molecule has 2 bridgehead atoms. The number of carbonyl (C=O) groups is 2. The molecule has 4 fully saturated rings. The van der Waals surface area contributed by atoms with Crippen LogP contribution in [0.1, 0.15) is 85.2 Å². The van der Waals surface area contributed by atoms with E-state index in [1.165, 1.54) is 24.8 Å². The molecule has 2 saturated heterocycles. The molecule has 2 aromatic carbocycles. The summed E-state index contributed by atoms with van der Waals surface area (Å²) in [5.74, 6) is 0.556. The lowest BCUT2D eigenvalue weighted by molar-refractivity contribution is -0.132. The van der Waals surface area contributed by atoms with Gasteiger partial charge in [-0.1, -0.05) is 25.3 Å². The third kappa shape index (κ3) is 5.04. The van der Waals surface area contributed by atoms with Crippen molar-refractivity contribution in [3.05, 3.63) is 58.7 Å². The van der Waals surface area contributed by atoms with Gasteiger partial charge < -0.3 is 19.1 Å². The second-order valence-corrected chi connectivity index (χ2v) is 16.0. The molecule has 2 aliphatic carbocycles. The summed E-state index contributed by atoms with van der Waals surface area (Å²) in [5, 5.41) is 0.582. The van der Waals surface area contributed by atoms with E-state index < -0.39 is 21.2 Å². The molecule has 2 amide bonds. The smallest absolute Gasteiger partial charge is 0.264 e. The maximum atomic E-state index is 14.6. The van der Waals surface area contributed by atoms with Gasteiger partial charge in [-0.2, -0.15) is 0 Å². The highest BCUT2D eigenvalue weighted by Gasteiger charge is 2.43. The number of carbonyl (C=O) groups excluding carboxylic acids is 2. The fraction of sp³-hybridized carbons (Fsp3) is 0.500. The number of nitrogens with one attached hydrogen (secondary N) is 1. The highest BCUT2D eigenvalue weighted by molar-refractivity contribution is 7.91. The zero-order chi connectivity index (χ0) is 31.7. The van der Waals surface area contributed by atoms with Gasteiger partial charge in [0.2, 0.25) is 10.0 Å². The number of ether oxygens (including phenoxy) is 1. The van der Waals surface area contributed by atoms with Crippen molar-refractivity contribution in [2.45, 2.75) is 87.6 Å². The van der Waals surface area contributed by atoms with Gasteiger partial charge in [0.15, 0.2) is 0 Å². The van der Waals surface area contributed by atoms with E-state index in [0.29, 0.717) is 36.4 Å². The number of likely N-dealkylation sites (tertiary alicyclic amines) is 1. The molecule has 2 atom stereocenters. The Hall–Kier alpha value is -3.63. The number of hydrogen-bond donors (Lipinski definition) is 1. The van der Waals surface area contributed by atoms with Crippen LogP contribution in [0.15, 0.2) is 42.0 Å². The molecule has 46 heavy (non-hydrogen) atoms. The Morgan fingerprint density at radius 2 is 1.65 bits per heavy atom. The number of amides is 2. The highest BCUT2D eigenvalue weighted by atomic mass is 32.2. The fourth-order valence-corrected chi connectivity index (χ4v) is 9.87. The largest absolute Gasteiger partial charge is 0.497 e. The molecule has 0 spiro atoms. The van der Waals surface area contributed by atoms with Crippen LogP contribution in [-0.4, -0.2) is 79.2 Å². The summed E-state index contributed by atoms with van der Waals surface area (Å²) < 4.78 is 35.5. The minimum absolute atomic E-state index is 0.0766. The van der Waals surface area contributed by atoms with Crippen molar-refractivity contribution in [1.29, 1.82) is 0 Å². The number of fused-ring (bicyclic) bond motifs is 7. The van der Waals surface area contributed by atoms with Crippen LogP contribution in [0.4, 0.5) is 0 Å². The van der Waals surface area contributed by atoms with Crippen molar-refractivity contribution in [3.8, 4) is 17.0 Å². The molecule has 242 valence electrons. The quantitative estimate of drug-likeness (QED) is 0.393. The number of piperazine rings is 1. The van der Waals surface area contributed by atoms with E-state index in [0.717, 1.165) is 72.2 Å². The molecule has 10 heteroatoms. The first-order valence-corrected chi connectivity index (χ1v) is 18.4. The number of methoxy groups -OCH3 is 1. The van der Waals surface area contributed by atoms with Gasteiger partial charge in [0.25, 0.3) is 11.8 Å². The molecular weight excluding hydrogens is 600 g/mol. The number of hydrogen-bond acceptors (Lipinski definition) is 6. The number of benzene rings is 2. The van der Waals surface area contributed by atoms with E-state index in [1.54, 1.807) is 13.2 Å². The first-order valence-electron chi connectivity index (χ1n) is 16.8. The zero-order valence-electron chi connectivity index (χ0n) is 26.6. The second kappa shape index (κ2) is 11.3. The maximum Gasteiger partial charge on any atom is 0.264 e. The van der Waals surface area contributed by atoms with Crippen LogP contribution in [0.25, 0.3) is 28.2 Å². The predicted molar refractivity (Wildman–Crippen MR) is 178 cm³/mol. The third-order valence-electron chi connectivity index (χ3n) is 10.9. The summed E-state index contributed by atoms with van der Waals surface area (Å²) in [6.45, 7) is 2.13. The van der Waals surface area contributed by atoms with Crippen LogP contribution in [0.5, 0.6) is 5.75 Å². The van der Waals surface area contributed by atoms with E-state index in [2.05, 4.69) is 38.3 Å². The third-order valence-corrected chi connectivity index (χ3v) is 12.7. The van der Waals surface area contributed by atoms with Crippen LogP contribution in [0, 0.1) is 0 Å². The van der Waals surface area contributed by atoms with Crippen LogP contribution in [-0.2, 0) is 21.4 Å². The van der Waals surface area contributed by atoms with Gasteiger partial charge in [-0.3, -0.25) is 9.59 Å². The molecule has 0 radical (unpaired) electrons. The summed E-state index contributed by atoms with van der Waals surface area (Å²) in [5.41, 5.74) is 6.23. The van der Waals surface area contributed by atoms with Crippen molar-refractivity contribution in [2.75, 3.05) is 27.2 Å². The lowest BCUT2D eigenvalue weighted by Crippen LogP contribution is -2.55. The zero-order valence-corrected chi connectivity index (χ0v) is 27.4. The lowest BCUT2D eigenvalue weighted by Gasteiger charge is -2.40. The predicted octanol–water partition coefficient (Wildman–Crippen LogP) is 5.29. The molecule has 2 unspecified atom stereocenters. The van der Waals surface area contributed by atoms with Crippen LogP contribution >= 0.6 is 0 Å². The molecule has 3 aliphatic heterocycles. The molecule has 8 rings (SSSR count). The van der Waals surface area contributed by atoms with Gasteiger partial charge in [0, 0.05) is 52.8 Å². The van der Waals surface area contributed by atoms with E-state index >= 15 is 0 Å². The van der Waals surface area contributed by atoms with Gasteiger partial charge in [0.05, 0.1) is 24.6 Å². The standard InChI is InChI=1S/C36H42N4O5S/c1-38-20-26-9-10-27(21-38)40(26)36(42)25-16-24-17-28(45-2)11-15-30(24)34-33(22-6-4-3-5-7-22)31-14-8-23(18-32(31)39(34)19-25)35(41)37-46(43,44)29-12-13-29/h8,11,14-18,22,26-27,29H,3-7,9-10,12-13,19-21H2,1-2H3,(H,37,41). The molecule has 1 N–H and O–H groups in total. The summed E-state index contributed by atoms with van der Waals surface area (Å²) in [4.78, 5) is 32.4. The number of aromatic nitrogens is 1. The minimum atomic E-state index is -3.69. The van der Waals surface area contributed by atoms with Gasteiger partial charge in [-0.05, 0) is 99.0 Å². The van der Waals surface area contributed by atoms with E-state index in [1.807, 2.05) is 24.3 Å². The van der Waals surface area contributed by atoms with E-state index in [-0.39, 0.29) is 18.0 Å². The molecule has 9 nitrogen and oxygen atoms in total. The van der Waals surface area contributed by atoms with Crippen molar-refractivity contribution >= 4 is 38.8 Å². The number of rotatable bonds is 6. The summed E-state index contributed by atoms with van der Waals surface area (Å²) in [7, 11) is 0.106. The molecule has 3 aromatic rings. The van der Waals surface area contributed by atoms with Crippen molar-refractivity contribution in [2.24, 2.45) is 0 Å². The Bertz CT molecular complexity index is 1870. The summed E-state index contributed by atoms with van der Waals surface area (Å²) in [6.07, 6.45) is 11.0. The van der Waals surface area contributed by atoms with Crippen molar-refractivity contribution < 1.29 is 22.7 Å². The average Bonchev–Trinajstić information content (AvgIpc) is 3.84. The van der Waals surface area contributed by atoms with Gasteiger partial charge in [-0.25, -0.2) is 13.1 Å². The Balaban J connectivity index is 1.30. The van der Waals surface area contributed by atoms with Crippen LogP contribution in [0.2, 0.25) is 0 Å². The maximum absolute atomic E-state index is 14.6. The van der Waals surface area contributed by atoms with E-state index in [4.69, 9.17) is 4.74 Å². The van der Waals surface area contributed by atoms with Gasteiger partial charge in [-0.15, -0.1) is 0 Å². The normalized spacial score (nSPS) is 23.4. The Labute approximate surface area is 270 Å². The molecular formula is C36H42N4O5S. The van der Waals surface area contributed by atoms with E-state index in [9.17, 15) is 18.0 Å². The molecule has 4 heterocycles. The first-order chi connectivity index (χ1) is 22.2. The monoisotopic (exact) mass is 642 g/mol. The topological polar surface area (TPSA) is 101 Å². The van der Waals surface area contributed by atoms with Gasteiger partial charge >= 0.3 is 0 Å². The van der Waals surface area contributed by atoms with Crippen molar-refractivity contribution in [3.63, 3.8) is 0 Å². The number of sulfonamides is 1. The molecule has 2 saturated carbocycles. The number of nitrogens with zero attached hydrogens (tertiary/aromatic N) is 3. The highest BCUT2D eigenvalue weighted by Crippen LogP contribution is 2.47. The first kappa shape index (κ1) is 29.8. The SMILES string of the molecule is COc1ccc2c(c1)C=C(C(=O)N1C3CCC1CN(C)C3)Cn1c-2c(C2CCCCC2)c2ccc(C(=O)NS(=O)(=O)C3CC3)cc21. The summed E-state index contributed by atoms with van der Waals surface area (Å²) >= 11 is 0. The fourth-order valence-electron chi connectivity index (χ4n) is 8.57. The Kier molecular flexibility index (Phi) is 7.28. The van der Waals surface area contributed by atoms with Crippen LogP contribution < -0.4 is 9.46 Å². The summed E-state index contributed by atoms with van der Waals surface area (Å²) in [6, 6.07) is 12.1. The number of likely N-dealkylation sites (N-methyl/N-ethyl adjacent to an activating group) is 1. The molecule has 1 aromatic heterocycles. The lowest BCUT2D eigenvalue weighted by atomic mass is 9.81. The minimum Gasteiger partial charge on any atom is -0.497 e. The average molecular weight is 643 g/mol. The van der Waals surface area contributed by atoms with Gasteiger partial charge in [0.1, 0.15) is 5.75 Å². The Morgan fingerprint density at radius 1 is 0.913 bits per heavy atom. The van der Waals surface area contributed by atoms with Crippen molar-refractivity contribution in [1.82, 2.24) is 19.1 Å². The molecule has 5 aliphatic rings. The van der Waals surface area contributed by atoms with Crippen LogP contribution in [0.3, 0.4) is 0 Å². The Morgan fingerprint density at radius 3 is 2.35 bits per heavy atom. The second-order valence-electron chi connectivity index (χ2n) is 14.0.